The summed E-state index contributed by atoms with van der Waals surface area (Å²) in [5.41, 5.74) is 0. The minimum Gasteiger partial charge on any atom is -0.354 e. The number of carbonyl (C=O) groups excluding carboxylic acids is 2. The number of nitrogens with one attached hydrogen (secondary N) is 2. The van der Waals surface area contributed by atoms with Gasteiger partial charge in [0.1, 0.15) is 6.04 Å². The van der Waals surface area contributed by atoms with Crippen LogP contribution in [0.15, 0.2) is 0 Å². The van der Waals surface area contributed by atoms with Gasteiger partial charge < -0.3 is 10.6 Å². The third-order valence-electron chi connectivity index (χ3n) is 3.38. The fourth-order valence-electron chi connectivity index (χ4n) is 2.23. The fourth-order valence-corrected chi connectivity index (χ4v) is 2.23. The smallest absolute Gasteiger partial charge is 0.242 e. The van der Waals surface area contributed by atoms with Crippen molar-refractivity contribution in [2.45, 2.75) is 70.8 Å². The van der Waals surface area contributed by atoms with Crippen LogP contribution in [0.5, 0.6) is 0 Å². The van der Waals surface area contributed by atoms with Crippen molar-refractivity contribution in [1.82, 2.24) is 10.6 Å². The Morgan fingerprint density at radius 1 is 1.11 bits per heavy atom. The van der Waals surface area contributed by atoms with Gasteiger partial charge in [-0.25, -0.2) is 0 Å². The average molecular weight is 254 g/mol. The molecule has 1 saturated heterocycles. The van der Waals surface area contributed by atoms with Crippen LogP contribution in [-0.4, -0.2) is 24.4 Å². The summed E-state index contributed by atoms with van der Waals surface area (Å²) in [4.78, 5) is 23.7. The second-order valence-electron chi connectivity index (χ2n) is 5.07. The molecule has 4 heteroatoms. The second kappa shape index (κ2) is 8.95. The molecule has 1 aliphatic heterocycles. The Morgan fingerprint density at radius 2 is 1.89 bits per heavy atom. The van der Waals surface area contributed by atoms with E-state index in [4.69, 9.17) is 0 Å². The van der Waals surface area contributed by atoms with E-state index in [-0.39, 0.29) is 17.9 Å². The molecule has 1 rings (SSSR count). The number of hydrogen-bond acceptors (Lipinski definition) is 2. The van der Waals surface area contributed by atoms with Crippen LogP contribution in [0.3, 0.4) is 0 Å². The molecule has 0 aromatic carbocycles. The van der Waals surface area contributed by atoms with Crippen LogP contribution < -0.4 is 10.6 Å². The first-order valence-electron chi connectivity index (χ1n) is 7.31. The summed E-state index contributed by atoms with van der Waals surface area (Å²) in [6, 6.07) is -0.331. The highest BCUT2D eigenvalue weighted by Crippen LogP contribution is 2.08. The SMILES string of the molecule is CCCCCC1NC(=O)CCCCCCNC1=O. The normalized spacial score (nSPS) is 22.8. The number of unbranched alkanes of at least 4 members (excludes halogenated alkanes) is 2. The third-order valence-corrected chi connectivity index (χ3v) is 3.38. The molecule has 1 unspecified atom stereocenters. The van der Waals surface area contributed by atoms with E-state index >= 15 is 0 Å². The van der Waals surface area contributed by atoms with Gasteiger partial charge in [0.2, 0.25) is 11.8 Å². The molecule has 0 aromatic rings. The molecule has 2 N–H and O–H groups in total. The summed E-state index contributed by atoms with van der Waals surface area (Å²) < 4.78 is 0. The molecule has 0 bridgehead atoms. The lowest BCUT2D eigenvalue weighted by Crippen LogP contribution is -2.46. The Hall–Kier alpha value is -1.06. The van der Waals surface area contributed by atoms with E-state index in [0.717, 1.165) is 57.9 Å². The molecule has 1 fully saturated rings. The van der Waals surface area contributed by atoms with Crippen LogP contribution in [0.2, 0.25) is 0 Å². The minimum absolute atomic E-state index is 0.0126. The first-order valence-corrected chi connectivity index (χ1v) is 7.31. The highest BCUT2D eigenvalue weighted by molar-refractivity contribution is 5.87. The van der Waals surface area contributed by atoms with Gasteiger partial charge in [-0.1, -0.05) is 39.0 Å². The van der Waals surface area contributed by atoms with E-state index in [1.165, 1.54) is 0 Å². The second-order valence-corrected chi connectivity index (χ2v) is 5.07. The zero-order valence-electron chi connectivity index (χ0n) is 11.5. The van der Waals surface area contributed by atoms with E-state index in [1.54, 1.807) is 0 Å². The van der Waals surface area contributed by atoms with Gasteiger partial charge in [0.05, 0.1) is 0 Å². The molecule has 0 saturated carbocycles. The molecular weight excluding hydrogens is 228 g/mol. The van der Waals surface area contributed by atoms with Crippen LogP contribution >= 0.6 is 0 Å². The third kappa shape index (κ3) is 6.03. The van der Waals surface area contributed by atoms with Crippen molar-refractivity contribution >= 4 is 11.8 Å². The lowest BCUT2D eigenvalue weighted by atomic mass is 10.1. The van der Waals surface area contributed by atoms with Gasteiger partial charge in [-0.15, -0.1) is 0 Å². The summed E-state index contributed by atoms with van der Waals surface area (Å²) in [7, 11) is 0. The summed E-state index contributed by atoms with van der Waals surface area (Å²) >= 11 is 0. The molecule has 0 radical (unpaired) electrons. The van der Waals surface area contributed by atoms with E-state index in [9.17, 15) is 9.59 Å². The molecule has 0 aliphatic carbocycles. The molecule has 1 heterocycles. The zero-order chi connectivity index (χ0) is 13.2. The summed E-state index contributed by atoms with van der Waals surface area (Å²) in [5.74, 6) is 0.00917. The van der Waals surface area contributed by atoms with Gasteiger partial charge >= 0.3 is 0 Å². The highest BCUT2D eigenvalue weighted by Gasteiger charge is 2.20. The van der Waals surface area contributed by atoms with E-state index < -0.39 is 0 Å². The van der Waals surface area contributed by atoms with Crippen LogP contribution in [-0.2, 0) is 9.59 Å². The van der Waals surface area contributed by atoms with Gasteiger partial charge in [0, 0.05) is 13.0 Å². The molecule has 1 aliphatic rings. The van der Waals surface area contributed by atoms with Crippen molar-refractivity contribution < 1.29 is 9.59 Å². The van der Waals surface area contributed by atoms with Gasteiger partial charge in [0.25, 0.3) is 0 Å². The van der Waals surface area contributed by atoms with E-state index in [2.05, 4.69) is 17.6 Å². The molecule has 0 aromatic heterocycles. The van der Waals surface area contributed by atoms with Crippen LogP contribution in [0.25, 0.3) is 0 Å². The van der Waals surface area contributed by atoms with Crippen molar-refractivity contribution in [3.05, 3.63) is 0 Å². The summed E-state index contributed by atoms with van der Waals surface area (Å²) in [6.07, 6.45) is 8.65. The molecule has 4 nitrogen and oxygen atoms in total. The van der Waals surface area contributed by atoms with Crippen LogP contribution in [0.4, 0.5) is 0 Å². The Labute approximate surface area is 110 Å². The van der Waals surface area contributed by atoms with Crippen molar-refractivity contribution in [2.75, 3.05) is 6.54 Å². The highest BCUT2D eigenvalue weighted by atomic mass is 16.2. The predicted molar refractivity (Wildman–Crippen MR) is 72.2 cm³/mol. The predicted octanol–water partition coefficient (Wildman–Crippen LogP) is 2.13. The monoisotopic (exact) mass is 254 g/mol. The molecule has 2 amide bonds. The lowest BCUT2D eigenvalue weighted by Gasteiger charge is -2.17. The average Bonchev–Trinajstić information content (AvgIpc) is 2.38. The fraction of sp³-hybridized carbons (Fsp3) is 0.857. The van der Waals surface area contributed by atoms with E-state index in [1.807, 2.05) is 0 Å². The van der Waals surface area contributed by atoms with Crippen LogP contribution in [0, 0.1) is 0 Å². The van der Waals surface area contributed by atoms with Crippen molar-refractivity contribution in [3.8, 4) is 0 Å². The largest absolute Gasteiger partial charge is 0.354 e. The maximum absolute atomic E-state index is 12.0. The maximum atomic E-state index is 12.0. The number of hydrogen-bond donors (Lipinski definition) is 2. The van der Waals surface area contributed by atoms with Crippen molar-refractivity contribution in [3.63, 3.8) is 0 Å². The standard InChI is InChI=1S/C14H26N2O2/c1-2-3-6-9-12-14(18)15-11-8-5-4-7-10-13(17)16-12/h12H,2-11H2,1H3,(H,15,18)(H,16,17). The molecular formula is C14H26N2O2. The number of amides is 2. The quantitative estimate of drug-likeness (QED) is 0.755. The Morgan fingerprint density at radius 3 is 2.67 bits per heavy atom. The summed E-state index contributed by atoms with van der Waals surface area (Å²) in [5, 5.41) is 5.80. The van der Waals surface area contributed by atoms with Gasteiger partial charge in [-0.2, -0.15) is 0 Å². The molecule has 0 spiro atoms. The molecule has 104 valence electrons. The van der Waals surface area contributed by atoms with Crippen LogP contribution in [0.1, 0.15) is 64.7 Å². The van der Waals surface area contributed by atoms with Gasteiger partial charge in [-0.05, 0) is 19.3 Å². The summed E-state index contributed by atoms with van der Waals surface area (Å²) in [6.45, 7) is 2.87. The first-order chi connectivity index (χ1) is 8.74. The topological polar surface area (TPSA) is 58.2 Å². The number of rotatable bonds is 4. The Balaban J connectivity index is 2.49. The Kier molecular flexibility index (Phi) is 7.46. The number of carbonyl (C=O) groups is 2. The molecule has 18 heavy (non-hydrogen) atoms. The Bertz CT molecular complexity index is 267. The van der Waals surface area contributed by atoms with Crippen molar-refractivity contribution in [2.24, 2.45) is 0 Å². The maximum Gasteiger partial charge on any atom is 0.242 e. The minimum atomic E-state index is -0.331. The lowest BCUT2D eigenvalue weighted by molar-refractivity contribution is -0.129. The van der Waals surface area contributed by atoms with Gasteiger partial charge in [0.15, 0.2) is 0 Å². The van der Waals surface area contributed by atoms with Gasteiger partial charge in [-0.3, -0.25) is 9.59 Å². The van der Waals surface area contributed by atoms with Crippen molar-refractivity contribution in [1.29, 1.82) is 0 Å². The van der Waals surface area contributed by atoms with E-state index in [0.29, 0.717) is 6.42 Å². The zero-order valence-corrected chi connectivity index (χ0v) is 11.5. The molecule has 1 atom stereocenters. The first kappa shape index (κ1) is 15.0.